The van der Waals surface area contributed by atoms with Crippen molar-refractivity contribution in [2.75, 3.05) is 20.2 Å². The van der Waals surface area contributed by atoms with Gasteiger partial charge in [0, 0.05) is 6.54 Å². The van der Waals surface area contributed by atoms with Crippen LogP contribution in [0.5, 0.6) is 5.75 Å². The van der Waals surface area contributed by atoms with Gasteiger partial charge in [-0.1, -0.05) is 45.7 Å². The summed E-state index contributed by atoms with van der Waals surface area (Å²) in [5.41, 5.74) is 0.893. The first kappa shape index (κ1) is 18.0. The van der Waals surface area contributed by atoms with Crippen LogP contribution < -0.4 is 10.1 Å². The lowest BCUT2D eigenvalue weighted by molar-refractivity contribution is 0.227. The van der Waals surface area contributed by atoms with Crippen molar-refractivity contribution < 1.29 is 9.13 Å². The fourth-order valence-electron chi connectivity index (χ4n) is 2.86. The molecule has 0 fully saturated rings. The zero-order chi connectivity index (χ0) is 15.7. The largest absolute Gasteiger partial charge is 0.494 e. The highest BCUT2D eigenvalue weighted by Crippen LogP contribution is 2.34. The van der Waals surface area contributed by atoms with Gasteiger partial charge < -0.3 is 10.1 Å². The van der Waals surface area contributed by atoms with Gasteiger partial charge in [0.2, 0.25) is 0 Å². The lowest BCUT2D eigenvalue weighted by atomic mass is 9.75. The summed E-state index contributed by atoms with van der Waals surface area (Å²) in [6.07, 6.45) is 5.30. The molecule has 0 bridgehead atoms. The van der Waals surface area contributed by atoms with E-state index < -0.39 is 0 Å². The van der Waals surface area contributed by atoms with Crippen LogP contribution >= 0.6 is 0 Å². The third-order valence-electron chi connectivity index (χ3n) is 4.39. The van der Waals surface area contributed by atoms with E-state index in [1.807, 2.05) is 12.1 Å². The van der Waals surface area contributed by atoms with Crippen molar-refractivity contribution in [2.45, 2.75) is 52.9 Å². The molecule has 0 heterocycles. The van der Waals surface area contributed by atoms with E-state index in [1.165, 1.54) is 20.0 Å². The lowest BCUT2D eigenvalue weighted by Gasteiger charge is -2.34. The quantitative estimate of drug-likeness (QED) is 0.682. The molecule has 0 aliphatic rings. The summed E-state index contributed by atoms with van der Waals surface area (Å²) in [4.78, 5) is 0. The van der Waals surface area contributed by atoms with Gasteiger partial charge in [-0.15, -0.1) is 0 Å². The molecule has 0 aliphatic carbocycles. The molecule has 3 heteroatoms. The smallest absolute Gasteiger partial charge is 0.168 e. The summed E-state index contributed by atoms with van der Waals surface area (Å²) >= 11 is 0. The van der Waals surface area contributed by atoms with Gasteiger partial charge in [0.1, 0.15) is 0 Å². The van der Waals surface area contributed by atoms with Gasteiger partial charge >= 0.3 is 0 Å². The van der Waals surface area contributed by atoms with Crippen LogP contribution in [0.15, 0.2) is 18.2 Å². The second-order valence-corrected chi connectivity index (χ2v) is 5.85. The van der Waals surface area contributed by atoms with Crippen LogP contribution in [0.25, 0.3) is 0 Å². The van der Waals surface area contributed by atoms with Crippen LogP contribution in [-0.2, 0) is 6.42 Å². The number of rotatable bonds is 10. The molecule has 1 rings (SSSR count). The van der Waals surface area contributed by atoms with Crippen molar-refractivity contribution in [3.63, 3.8) is 0 Å². The fraction of sp³-hybridized carbons (Fsp3) is 0.667. The molecular weight excluding hydrogens is 265 g/mol. The van der Waals surface area contributed by atoms with Gasteiger partial charge in [-0.25, -0.2) is 4.39 Å². The first-order valence-corrected chi connectivity index (χ1v) is 8.14. The van der Waals surface area contributed by atoms with Crippen LogP contribution in [0.4, 0.5) is 4.39 Å². The van der Waals surface area contributed by atoms with E-state index in [2.05, 4.69) is 26.1 Å². The SMILES string of the molecule is CCCCC(CC)(CNCC)Cc1cccc(OC)c1F. The number of hydrogen-bond acceptors (Lipinski definition) is 2. The molecule has 120 valence electrons. The molecular formula is C18H30FNO. The number of benzene rings is 1. The number of hydrogen-bond donors (Lipinski definition) is 1. The molecule has 0 aromatic heterocycles. The fourth-order valence-corrected chi connectivity index (χ4v) is 2.86. The highest BCUT2D eigenvalue weighted by molar-refractivity contribution is 5.31. The van der Waals surface area contributed by atoms with Crippen LogP contribution in [0.1, 0.15) is 52.0 Å². The Balaban J connectivity index is 2.98. The van der Waals surface area contributed by atoms with Crippen LogP contribution in [0.3, 0.4) is 0 Å². The molecule has 0 saturated carbocycles. The zero-order valence-electron chi connectivity index (χ0n) is 14.0. The standard InChI is InChI=1S/C18H30FNO/c1-5-8-12-18(6-2,14-20-7-3)13-15-10-9-11-16(21-4)17(15)19/h9-11,20H,5-8,12-14H2,1-4H3. The highest BCUT2D eigenvalue weighted by Gasteiger charge is 2.29. The van der Waals surface area contributed by atoms with Crippen LogP contribution in [-0.4, -0.2) is 20.2 Å². The number of unbranched alkanes of at least 4 members (excludes halogenated alkanes) is 1. The average Bonchev–Trinajstić information content (AvgIpc) is 2.52. The van der Waals surface area contributed by atoms with E-state index in [0.717, 1.165) is 37.9 Å². The molecule has 2 nitrogen and oxygen atoms in total. The summed E-state index contributed by atoms with van der Waals surface area (Å²) in [6, 6.07) is 5.45. The van der Waals surface area contributed by atoms with E-state index >= 15 is 0 Å². The first-order chi connectivity index (χ1) is 10.1. The predicted molar refractivity (Wildman–Crippen MR) is 87.4 cm³/mol. The van der Waals surface area contributed by atoms with E-state index in [1.54, 1.807) is 6.07 Å². The van der Waals surface area contributed by atoms with Crippen molar-refractivity contribution in [2.24, 2.45) is 5.41 Å². The molecule has 1 unspecified atom stereocenters. The molecule has 21 heavy (non-hydrogen) atoms. The maximum atomic E-state index is 14.4. The summed E-state index contributed by atoms with van der Waals surface area (Å²) in [5.74, 6) is 0.141. The average molecular weight is 295 g/mol. The normalized spacial score (nSPS) is 14.0. The highest BCUT2D eigenvalue weighted by atomic mass is 19.1. The molecule has 1 atom stereocenters. The van der Waals surface area contributed by atoms with E-state index in [-0.39, 0.29) is 11.2 Å². The number of nitrogens with one attached hydrogen (secondary N) is 1. The third kappa shape index (κ3) is 4.99. The Hall–Kier alpha value is -1.09. The van der Waals surface area contributed by atoms with Crippen LogP contribution in [0, 0.1) is 11.2 Å². The minimum Gasteiger partial charge on any atom is -0.494 e. The van der Waals surface area contributed by atoms with Gasteiger partial charge in [-0.05, 0) is 42.9 Å². The third-order valence-corrected chi connectivity index (χ3v) is 4.39. The monoisotopic (exact) mass is 295 g/mol. The zero-order valence-corrected chi connectivity index (χ0v) is 14.0. The number of halogens is 1. The first-order valence-electron chi connectivity index (χ1n) is 8.14. The molecule has 1 N–H and O–H groups in total. The Morgan fingerprint density at radius 2 is 2.00 bits per heavy atom. The number of methoxy groups -OCH3 is 1. The lowest BCUT2D eigenvalue weighted by Crippen LogP contribution is -2.36. The van der Waals surface area contributed by atoms with Gasteiger partial charge in [0.15, 0.2) is 11.6 Å². The van der Waals surface area contributed by atoms with Crippen molar-refractivity contribution >= 4 is 0 Å². The maximum Gasteiger partial charge on any atom is 0.168 e. The molecule has 0 aliphatic heterocycles. The maximum absolute atomic E-state index is 14.4. The van der Waals surface area contributed by atoms with Crippen LogP contribution in [0.2, 0.25) is 0 Å². The summed E-state index contributed by atoms with van der Waals surface area (Å²) < 4.78 is 19.5. The summed E-state index contributed by atoms with van der Waals surface area (Å²) in [6.45, 7) is 8.43. The Kier molecular flexibility index (Phi) is 7.73. The molecule has 0 spiro atoms. The van der Waals surface area contributed by atoms with E-state index in [0.29, 0.717) is 5.75 Å². The van der Waals surface area contributed by atoms with E-state index in [9.17, 15) is 4.39 Å². The Morgan fingerprint density at radius 1 is 1.24 bits per heavy atom. The minimum atomic E-state index is -0.203. The Bertz CT molecular complexity index is 412. The second-order valence-electron chi connectivity index (χ2n) is 5.85. The number of ether oxygens (including phenoxy) is 1. The Labute approximate surface area is 129 Å². The van der Waals surface area contributed by atoms with Gasteiger partial charge in [-0.2, -0.15) is 0 Å². The van der Waals surface area contributed by atoms with E-state index in [4.69, 9.17) is 4.74 Å². The summed E-state index contributed by atoms with van der Waals surface area (Å²) in [5, 5.41) is 3.46. The molecule has 1 aromatic rings. The minimum absolute atomic E-state index is 0.124. The summed E-state index contributed by atoms with van der Waals surface area (Å²) in [7, 11) is 1.52. The van der Waals surface area contributed by atoms with Gasteiger partial charge in [0.25, 0.3) is 0 Å². The predicted octanol–water partition coefficient (Wildman–Crippen LogP) is 4.57. The van der Waals surface area contributed by atoms with Gasteiger partial charge in [-0.3, -0.25) is 0 Å². The second kappa shape index (κ2) is 9.04. The van der Waals surface area contributed by atoms with Crippen molar-refractivity contribution in [3.8, 4) is 5.75 Å². The van der Waals surface area contributed by atoms with Crippen molar-refractivity contribution in [1.82, 2.24) is 5.32 Å². The molecule has 0 saturated heterocycles. The molecule has 0 amide bonds. The molecule has 0 radical (unpaired) electrons. The van der Waals surface area contributed by atoms with Gasteiger partial charge in [0.05, 0.1) is 7.11 Å². The van der Waals surface area contributed by atoms with Crippen molar-refractivity contribution in [3.05, 3.63) is 29.6 Å². The van der Waals surface area contributed by atoms with Crippen molar-refractivity contribution in [1.29, 1.82) is 0 Å². The Morgan fingerprint density at radius 3 is 2.57 bits per heavy atom. The topological polar surface area (TPSA) is 21.3 Å². The molecule has 1 aromatic carbocycles.